The molecular formula is C11H23F. The molecule has 2 unspecified atom stereocenters. The van der Waals surface area contributed by atoms with Crippen LogP contribution < -0.4 is 0 Å². The van der Waals surface area contributed by atoms with Crippen LogP contribution in [0.1, 0.15) is 59.3 Å². The van der Waals surface area contributed by atoms with Crippen molar-refractivity contribution < 1.29 is 4.39 Å². The molecule has 2 atom stereocenters. The molecular weight excluding hydrogens is 151 g/mol. The van der Waals surface area contributed by atoms with Crippen molar-refractivity contribution in [3.8, 4) is 0 Å². The topological polar surface area (TPSA) is 0 Å². The smallest absolute Gasteiger partial charge is 0.102 e. The first-order valence-corrected chi connectivity index (χ1v) is 5.36. The van der Waals surface area contributed by atoms with E-state index in [1.807, 2.05) is 13.8 Å². The lowest BCUT2D eigenvalue weighted by molar-refractivity contribution is 0.221. The maximum absolute atomic E-state index is 13.0. The Labute approximate surface area is 76.6 Å². The van der Waals surface area contributed by atoms with Crippen molar-refractivity contribution in [1.82, 2.24) is 0 Å². The molecule has 0 spiro atoms. The summed E-state index contributed by atoms with van der Waals surface area (Å²) in [5.41, 5.74) is 0. The molecule has 0 radical (unpaired) electrons. The molecule has 0 N–H and O–H groups in total. The van der Waals surface area contributed by atoms with Gasteiger partial charge in [-0.3, -0.25) is 0 Å². The van der Waals surface area contributed by atoms with E-state index in [0.717, 1.165) is 6.42 Å². The van der Waals surface area contributed by atoms with Crippen LogP contribution in [0.3, 0.4) is 0 Å². The van der Waals surface area contributed by atoms with Crippen LogP contribution in [-0.2, 0) is 0 Å². The molecule has 0 aliphatic heterocycles. The summed E-state index contributed by atoms with van der Waals surface area (Å²) in [6.45, 7) is 6.15. The fraction of sp³-hybridized carbons (Fsp3) is 1.00. The fourth-order valence-corrected chi connectivity index (χ4v) is 1.48. The van der Waals surface area contributed by atoms with Gasteiger partial charge < -0.3 is 0 Å². The lowest BCUT2D eigenvalue weighted by Crippen LogP contribution is -2.10. The van der Waals surface area contributed by atoms with Crippen molar-refractivity contribution in [1.29, 1.82) is 0 Å². The van der Waals surface area contributed by atoms with E-state index in [-0.39, 0.29) is 5.92 Å². The van der Waals surface area contributed by atoms with E-state index in [4.69, 9.17) is 0 Å². The first-order valence-electron chi connectivity index (χ1n) is 5.36. The number of alkyl halides is 1. The first-order chi connectivity index (χ1) is 5.72. The number of hydrogen-bond acceptors (Lipinski definition) is 0. The van der Waals surface area contributed by atoms with E-state index in [9.17, 15) is 4.39 Å². The van der Waals surface area contributed by atoms with Crippen LogP contribution in [0.25, 0.3) is 0 Å². The Morgan fingerprint density at radius 2 is 1.75 bits per heavy atom. The molecule has 0 amide bonds. The van der Waals surface area contributed by atoms with Gasteiger partial charge in [-0.15, -0.1) is 0 Å². The number of halogens is 1. The van der Waals surface area contributed by atoms with Gasteiger partial charge in [0.05, 0.1) is 0 Å². The summed E-state index contributed by atoms with van der Waals surface area (Å²) < 4.78 is 13.0. The predicted octanol–water partition coefficient (Wildman–Crippen LogP) is 4.34. The summed E-state index contributed by atoms with van der Waals surface area (Å²) in [4.78, 5) is 0. The van der Waals surface area contributed by atoms with Crippen molar-refractivity contribution in [2.45, 2.75) is 65.5 Å². The number of unbranched alkanes of at least 4 members (excludes halogenated alkanes) is 3. The summed E-state index contributed by atoms with van der Waals surface area (Å²) in [6.07, 6.45) is 6.21. The van der Waals surface area contributed by atoms with Crippen molar-refractivity contribution in [2.24, 2.45) is 5.92 Å². The van der Waals surface area contributed by atoms with Crippen LogP contribution in [-0.4, -0.2) is 6.17 Å². The maximum Gasteiger partial charge on any atom is 0.102 e. The second-order valence-electron chi connectivity index (χ2n) is 3.75. The molecule has 0 aromatic carbocycles. The number of rotatable bonds is 7. The summed E-state index contributed by atoms with van der Waals surface area (Å²) in [7, 11) is 0. The SMILES string of the molecule is CCCCCCC(C)C(F)CC. The Kier molecular flexibility index (Phi) is 7.53. The van der Waals surface area contributed by atoms with Gasteiger partial charge >= 0.3 is 0 Å². The third-order valence-corrected chi connectivity index (χ3v) is 2.52. The van der Waals surface area contributed by atoms with Gasteiger partial charge in [-0.25, -0.2) is 4.39 Å². The minimum absolute atomic E-state index is 0.270. The fourth-order valence-electron chi connectivity index (χ4n) is 1.48. The van der Waals surface area contributed by atoms with Crippen molar-refractivity contribution in [3.63, 3.8) is 0 Å². The zero-order valence-corrected chi connectivity index (χ0v) is 8.78. The molecule has 0 saturated carbocycles. The molecule has 0 fully saturated rings. The summed E-state index contributed by atoms with van der Waals surface area (Å²) in [5, 5.41) is 0. The Balaban J connectivity index is 3.24. The molecule has 0 bridgehead atoms. The van der Waals surface area contributed by atoms with Gasteiger partial charge in [0.15, 0.2) is 0 Å². The van der Waals surface area contributed by atoms with Gasteiger partial charge in [-0.05, 0) is 18.8 Å². The Hall–Kier alpha value is -0.0700. The standard InChI is InChI=1S/C11H23F/c1-4-6-7-8-9-10(3)11(12)5-2/h10-11H,4-9H2,1-3H3. The van der Waals surface area contributed by atoms with Gasteiger partial charge in [0, 0.05) is 0 Å². The minimum atomic E-state index is -0.577. The van der Waals surface area contributed by atoms with E-state index in [2.05, 4.69) is 6.92 Å². The van der Waals surface area contributed by atoms with Gasteiger partial charge in [0.25, 0.3) is 0 Å². The average molecular weight is 174 g/mol. The first kappa shape index (κ1) is 11.9. The van der Waals surface area contributed by atoms with Crippen molar-refractivity contribution in [2.75, 3.05) is 0 Å². The van der Waals surface area contributed by atoms with Gasteiger partial charge in [0.2, 0.25) is 0 Å². The van der Waals surface area contributed by atoms with Crippen molar-refractivity contribution >= 4 is 0 Å². The van der Waals surface area contributed by atoms with Gasteiger partial charge in [0.1, 0.15) is 6.17 Å². The van der Waals surface area contributed by atoms with E-state index in [0.29, 0.717) is 6.42 Å². The van der Waals surface area contributed by atoms with Crippen LogP contribution in [0.15, 0.2) is 0 Å². The largest absolute Gasteiger partial charge is 0.247 e. The molecule has 0 saturated heterocycles. The van der Waals surface area contributed by atoms with Crippen LogP contribution >= 0.6 is 0 Å². The maximum atomic E-state index is 13.0. The van der Waals surface area contributed by atoms with Gasteiger partial charge in [-0.1, -0.05) is 46.5 Å². The average Bonchev–Trinajstić information content (AvgIpc) is 2.10. The monoisotopic (exact) mass is 174 g/mol. The number of hydrogen-bond donors (Lipinski definition) is 0. The quantitative estimate of drug-likeness (QED) is 0.504. The van der Waals surface area contributed by atoms with Crippen LogP contribution in [0.2, 0.25) is 0 Å². The third-order valence-electron chi connectivity index (χ3n) is 2.52. The zero-order chi connectivity index (χ0) is 9.40. The molecule has 0 aromatic heterocycles. The Bertz CT molecular complexity index is 91.0. The highest BCUT2D eigenvalue weighted by Crippen LogP contribution is 2.18. The lowest BCUT2D eigenvalue weighted by Gasteiger charge is -2.14. The predicted molar refractivity (Wildman–Crippen MR) is 53.1 cm³/mol. The van der Waals surface area contributed by atoms with E-state index in [1.54, 1.807) is 0 Å². The molecule has 12 heavy (non-hydrogen) atoms. The van der Waals surface area contributed by atoms with Gasteiger partial charge in [-0.2, -0.15) is 0 Å². The molecule has 1 heteroatoms. The zero-order valence-electron chi connectivity index (χ0n) is 8.78. The molecule has 0 nitrogen and oxygen atoms in total. The van der Waals surface area contributed by atoms with E-state index in [1.165, 1.54) is 25.7 Å². The van der Waals surface area contributed by atoms with Crippen molar-refractivity contribution in [3.05, 3.63) is 0 Å². The Morgan fingerprint density at radius 1 is 1.08 bits per heavy atom. The van der Waals surface area contributed by atoms with E-state index < -0.39 is 6.17 Å². The van der Waals surface area contributed by atoms with Crippen LogP contribution in [0.4, 0.5) is 4.39 Å². The van der Waals surface area contributed by atoms with E-state index >= 15 is 0 Å². The highest BCUT2D eigenvalue weighted by molar-refractivity contribution is 4.62. The summed E-state index contributed by atoms with van der Waals surface area (Å²) in [5.74, 6) is 0.270. The van der Waals surface area contributed by atoms with Crippen LogP contribution in [0.5, 0.6) is 0 Å². The minimum Gasteiger partial charge on any atom is -0.247 e. The third kappa shape index (κ3) is 5.56. The molecule has 0 aliphatic rings. The second-order valence-corrected chi connectivity index (χ2v) is 3.75. The molecule has 0 rings (SSSR count). The second kappa shape index (κ2) is 7.57. The molecule has 0 aromatic rings. The normalized spacial score (nSPS) is 16.0. The van der Waals surface area contributed by atoms with Crippen LogP contribution in [0, 0.1) is 5.92 Å². The molecule has 0 heterocycles. The summed E-state index contributed by atoms with van der Waals surface area (Å²) in [6, 6.07) is 0. The molecule has 74 valence electrons. The Morgan fingerprint density at radius 3 is 2.25 bits per heavy atom. The summed E-state index contributed by atoms with van der Waals surface area (Å²) >= 11 is 0. The highest BCUT2D eigenvalue weighted by atomic mass is 19.1. The highest BCUT2D eigenvalue weighted by Gasteiger charge is 2.12. The lowest BCUT2D eigenvalue weighted by atomic mass is 9.97. The molecule has 0 aliphatic carbocycles.